The zero-order valence-corrected chi connectivity index (χ0v) is 30.9. The van der Waals surface area contributed by atoms with Gasteiger partial charge in [-0.3, -0.25) is 20.1 Å². The Balaban J connectivity index is 0.000000271. The van der Waals surface area contributed by atoms with E-state index in [4.69, 9.17) is 20.6 Å². The van der Waals surface area contributed by atoms with Crippen LogP contribution in [0.4, 0.5) is 0 Å². The molecule has 2 heterocycles. The fourth-order valence-corrected chi connectivity index (χ4v) is 5.94. The molecule has 266 valence electrons. The van der Waals surface area contributed by atoms with Crippen molar-refractivity contribution in [2.45, 2.75) is 79.7 Å². The minimum Gasteiger partial charge on any atom is -0.457 e. The molecule has 1 amide bonds. The predicted molar refractivity (Wildman–Crippen MR) is 204 cm³/mol. The molecule has 0 spiro atoms. The van der Waals surface area contributed by atoms with E-state index < -0.39 is 0 Å². The Morgan fingerprint density at radius 3 is 2.41 bits per heavy atom. The second-order valence-corrected chi connectivity index (χ2v) is 13.3. The van der Waals surface area contributed by atoms with Gasteiger partial charge in [-0.05, 0) is 102 Å². The van der Waals surface area contributed by atoms with Crippen LogP contribution in [0.5, 0.6) is 11.5 Å². The van der Waals surface area contributed by atoms with E-state index >= 15 is 0 Å². The number of hydrogen-bond donors (Lipinski definition) is 2. The van der Waals surface area contributed by atoms with Crippen molar-refractivity contribution >= 4 is 17.3 Å². The molecule has 2 aliphatic rings. The summed E-state index contributed by atoms with van der Waals surface area (Å²) in [6.45, 7) is 16.7. The fraction of sp³-hybridized carbons (Fsp3) is 0.488. The van der Waals surface area contributed by atoms with Gasteiger partial charge in [0, 0.05) is 67.1 Å². The van der Waals surface area contributed by atoms with Crippen molar-refractivity contribution in [1.29, 1.82) is 5.41 Å². The Labute approximate surface area is 295 Å². The Hall–Kier alpha value is -4.01. The highest BCUT2D eigenvalue weighted by atomic mass is 16.5. The number of aliphatic imine (C=N–C) groups is 1. The third-order valence-corrected chi connectivity index (χ3v) is 9.57. The predicted octanol–water partition coefficient (Wildman–Crippen LogP) is 8.40. The summed E-state index contributed by atoms with van der Waals surface area (Å²) in [4.78, 5) is 21.2. The Bertz CT molecular complexity index is 1450. The number of ether oxygens (including phenoxy) is 2. The van der Waals surface area contributed by atoms with E-state index in [2.05, 4.69) is 37.7 Å². The van der Waals surface area contributed by atoms with Crippen molar-refractivity contribution in [2.75, 3.05) is 39.9 Å². The minimum atomic E-state index is 0.184. The molecule has 0 bridgehead atoms. The molecule has 3 unspecified atom stereocenters. The van der Waals surface area contributed by atoms with Crippen LogP contribution in [0.3, 0.4) is 0 Å². The summed E-state index contributed by atoms with van der Waals surface area (Å²) >= 11 is 0. The lowest BCUT2D eigenvalue weighted by atomic mass is 9.85. The summed E-state index contributed by atoms with van der Waals surface area (Å²) in [7, 11) is 2.11. The number of piperidine rings is 1. The molecule has 49 heavy (non-hydrogen) atoms. The van der Waals surface area contributed by atoms with Crippen LogP contribution in [-0.2, 0) is 9.53 Å². The van der Waals surface area contributed by atoms with Crippen molar-refractivity contribution in [3.05, 3.63) is 95.4 Å². The van der Waals surface area contributed by atoms with Crippen LogP contribution in [0.15, 0.2) is 94.8 Å². The molecule has 3 atom stereocenters. The van der Waals surface area contributed by atoms with Gasteiger partial charge in [-0.2, -0.15) is 0 Å². The van der Waals surface area contributed by atoms with Gasteiger partial charge in [0.25, 0.3) is 0 Å². The Morgan fingerprint density at radius 1 is 1.10 bits per heavy atom. The number of likely N-dealkylation sites (N-methyl/N-ethyl adjacent to an activating group) is 1. The van der Waals surface area contributed by atoms with Crippen molar-refractivity contribution in [3.8, 4) is 11.5 Å². The van der Waals surface area contributed by atoms with Crippen LogP contribution in [0.1, 0.15) is 79.2 Å². The fourth-order valence-electron chi connectivity index (χ4n) is 5.94. The number of hydrogen-bond acceptors (Lipinski definition) is 7. The maximum Gasteiger partial charge on any atom is 0.246 e. The average molecular weight is 670 g/mol. The number of benzene rings is 2. The van der Waals surface area contributed by atoms with Crippen LogP contribution in [-0.4, -0.2) is 73.1 Å². The van der Waals surface area contributed by atoms with E-state index in [1.165, 1.54) is 18.4 Å². The van der Waals surface area contributed by atoms with Crippen molar-refractivity contribution in [3.63, 3.8) is 0 Å². The van der Waals surface area contributed by atoms with E-state index in [0.29, 0.717) is 34.9 Å². The van der Waals surface area contributed by atoms with Gasteiger partial charge in [-0.15, -0.1) is 0 Å². The van der Waals surface area contributed by atoms with Crippen molar-refractivity contribution in [1.82, 2.24) is 9.80 Å². The normalized spacial score (nSPS) is 19.7. The van der Waals surface area contributed by atoms with Gasteiger partial charge in [-0.1, -0.05) is 57.0 Å². The summed E-state index contributed by atoms with van der Waals surface area (Å²) in [6, 6.07) is 17.6. The van der Waals surface area contributed by atoms with Gasteiger partial charge in [0.05, 0.1) is 12.3 Å². The summed E-state index contributed by atoms with van der Waals surface area (Å²) in [6.07, 6.45) is 11.3. The van der Waals surface area contributed by atoms with Crippen LogP contribution < -0.4 is 10.5 Å². The number of para-hydroxylation sites is 1. The second kappa shape index (κ2) is 20.5. The van der Waals surface area contributed by atoms with E-state index in [1.807, 2.05) is 85.6 Å². The number of nitrogens with two attached hydrogens (primary N) is 1. The number of nitrogens with one attached hydrogen (secondary N) is 1. The average Bonchev–Trinajstić information content (AvgIpc) is 3.67. The zero-order chi connectivity index (χ0) is 35.8. The number of carbonyl (C=O) groups is 1. The first-order chi connectivity index (χ1) is 23.5. The third-order valence-electron chi connectivity index (χ3n) is 9.57. The molecule has 0 aliphatic carbocycles. The Morgan fingerprint density at radius 2 is 1.80 bits per heavy atom. The van der Waals surface area contributed by atoms with E-state index in [9.17, 15) is 4.79 Å². The molecular weight excluding hydrogens is 610 g/mol. The second-order valence-electron chi connectivity index (χ2n) is 13.3. The van der Waals surface area contributed by atoms with Gasteiger partial charge in [0.15, 0.2) is 0 Å². The van der Waals surface area contributed by atoms with Gasteiger partial charge in [0.1, 0.15) is 11.5 Å². The van der Waals surface area contributed by atoms with Crippen molar-refractivity contribution < 1.29 is 14.3 Å². The van der Waals surface area contributed by atoms with Crippen molar-refractivity contribution in [2.24, 2.45) is 22.6 Å². The van der Waals surface area contributed by atoms with E-state index in [-0.39, 0.29) is 5.91 Å². The molecule has 2 saturated heterocycles. The summed E-state index contributed by atoms with van der Waals surface area (Å²) < 4.78 is 11.2. The summed E-state index contributed by atoms with van der Waals surface area (Å²) in [5.41, 5.74) is 10.3. The molecule has 2 fully saturated rings. The lowest BCUT2D eigenvalue weighted by molar-refractivity contribution is -0.128. The largest absolute Gasteiger partial charge is 0.457 e. The quantitative estimate of drug-likeness (QED) is 0.165. The first kappa shape index (κ1) is 39.4. The third kappa shape index (κ3) is 12.8. The number of nitrogens with zero attached hydrogens (tertiary/aromatic N) is 3. The number of allylic oxidation sites excluding steroid dienone is 3. The standard InChI is InChI=1S/C23H27N3O.C18H32N2O2/c1-5-16(2)15-26-18(4)22(17(3)24)23(25)19-11-13-21(14-12-19)27-20-9-7-6-8-10-20;1-4-15(2)16-7-5-11-20(13-16)18(21)8-6-10-19(3)17-9-12-22-14-17/h6-15,25H,5,24H2,1-4H3;6,8,15-17H,4-5,7,9-14H2,1-3H3/b16-15+,22-17-,25-23?,26-18+;8-6+. The lowest BCUT2D eigenvalue weighted by Gasteiger charge is -2.35. The highest BCUT2D eigenvalue weighted by Crippen LogP contribution is 2.26. The molecule has 0 radical (unpaired) electrons. The van der Waals surface area contributed by atoms with Gasteiger partial charge < -0.3 is 20.1 Å². The highest BCUT2D eigenvalue weighted by molar-refractivity contribution is 6.28. The Kier molecular flexibility index (Phi) is 16.5. The smallest absolute Gasteiger partial charge is 0.246 e. The molecule has 0 aromatic heterocycles. The first-order valence-electron chi connectivity index (χ1n) is 17.9. The van der Waals surface area contributed by atoms with E-state index in [1.54, 1.807) is 13.0 Å². The van der Waals surface area contributed by atoms with Gasteiger partial charge in [0.2, 0.25) is 5.91 Å². The molecule has 3 N–H and O–H groups in total. The van der Waals surface area contributed by atoms with Crippen LogP contribution >= 0.6 is 0 Å². The summed E-state index contributed by atoms with van der Waals surface area (Å²) in [5.74, 6) is 3.07. The molecule has 0 saturated carbocycles. The SMILES string of the molecule is CC/C(C)=C/N=C(C)/C(C(=N)c1ccc(Oc2ccccc2)cc1)=C(\C)N.CCC(C)C1CCCN(C(=O)/C=C/CN(C)C2CCOC2)C1. The number of rotatable bonds is 13. The molecule has 4 rings (SSSR count). The van der Waals surface area contributed by atoms with Crippen LogP contribution in [0.2, 0.25) is 0 Å². The topological polar surface area (TPSA) is 104 Å². The van der Waals surface area contributed by atoms with Gasteiger partial charge in [-0.25, -0.2) is 0 Å². The number of amides is 1. The molecule has 8 nitrogen and oxygen atoms in total. The monoisotopic (exact) mass is 669 g/mol. The minimum absolute atomic E-state index is 0.184. The van der Waals surface area contributed by atoms with Gasteiger partial charge >= 0.3 is 0 Å². The molecule has 2 aromatic rings. The molecule has 2 aliphatic heterocycles. The lowest BCUT2D eigenvalue weighted by Crippen LogP contribution is -2.41. The summed E-state index contributed by atoms with van der Waals surface area (Å²) in [5, 5.41) is 8.59. The maximum absolute atomic E-state index is 12.4. The molecular formula is C41H59N5O3. The number of likely N-dealkylation sites (tertiary alicyclic amines) is 1. The highest BCUT2D eigenvalue weighted by Gasteiger charge is 2.25. The molecule has 2 aromatic carbocycles. The molecule has 8 heteroatoms. The maximum atomic E-state index is 12.4. The zero-order valence-electron chi connectivity index (χ0n) is 30.9. The van der Waals surface area contributed by atoms with Crippen LogP contribution in [0, 0.1) is 17.2 Å². The first-order valence-corrected chi connectivity index (χ1v) is 17.9. The van der Waals surface area contributed by atoms with E-state index in [0.717, 1.165) is 74.9 Å². The number of carbonyl (C=O) groups excluding carboxylic acids is 1. The van der Waals surface area contributed by atoms with Crippen LogP contribution in [0.25, 0.3) is 0 Å².